The smallest absolute Gasteiger partial charge is 0.281 e. The normalized spacial score (nSPS) is 19.5. The summed E-state index contributed by atoms with van der Waals surface area (Å²) in [6, 6.07) is 9.05. The predicted molar refractivity (Wildman–Crippen MR) is 84.9 cm³/mol. The molecule has 2 amide bonds. The molecule has 1 aromatic heterocycles. The van der Waals surface area contributed by atoms with Crippen LogP contribution in [0.3, 0.4) is 0 Å². The molecule has 1 aromatic carbocycles. The second kappa shape index (κ2) is 5.92. The number of hydrogen-bond acceptors (Lipinski definition) is 4. The van der Waals surface area contributed by atoms with Crippen molar-refractivity contribution in [2.24, 2.45) is 0 Å². The minimum atomic E-state index is -1.69. The highest BCUT2D eigenvalue weighted by molar-refractivity contribution is 6.15. The molecule has 2 heterocycles. The lowest BCUT2D eigenvalue weighted by molar-refractivity contribution is -0.148. The molecule has 0 saturated heterocycles. The summed E-state index contributed by atoms with van der Waals surface area (Å²) < 4.78 is 18.6. The van der Waals surface area contributed by atoms with Gasteiger partial charge in [0.25, 0.3) is 17.4 Å². The third-order valence-electron chi connectivity index (χ3n) is 3.90. The van der Waals surface area contributed by atoms with E-state index in [1.807, 2.05) is 0 Å². The van der Waals surface area contributed by atoms with Gasteiger partial charge in [0.2, 0.25) is 0 Å². The van der Waals surface area contributed by atoms with Crippen LogP contribution in [0.15, 0.2) is 42.6 Å². The molecule has 1 aliphatic heterocycles. The Kier molecular flexibility index (Phi) is 3.92. The molecule has 0 fully saturated rings. The van der Waals surface area contributed by atoms with E-state index in [4.69, 9.17) is 4.74 Å². The van der Waals surface area contributed by atoms with Crippen molar-refractivity contribution in [1.82, 2.24) is 10.3 Å². The van der Waals surface area contributed by atoms with Crippen LogP contribution in [0, 0.1) is 5.82 Å². The van der Waals surface area contributed by atoms with E-state index in [1.54, 1.807) is 37.5 Å². The number of carbonyl (C=O) groups is 2. The number of nitrogens with zero attached hydrogens (tertiary/aromatic N) is 2. The fourth-order valence-electron chi connectivity index (χ4n) is 2.49. The fourth-order valence-corrected chi connectivity index (χ4v) is 2.49. The molecule has 24 heavy (non-hydrogen) atoms. The Labute approximate surface area is 138 Å². The average molecular weight is 329 g/mol. The Morgan fingerprint density at radius 3 is 2.75 bits per heavy atom. The predicted octanol–water partition coefficient (Wildman–Crippen LogP) is 1.65. The molecule has 1 aliphatic rings. The summed E-state index contributed by atoms with van der Waals surface area (Å²) in [5.41, 5.74) is -0.975. The van der Waals surface area contributed by atoms with Crippen molar-refractivity contribution in [2.45, 2.75) is 19.1 Å². The molecule has 0 aliphatic carbocycles. The standard InChI is InChI=1S/C17H16FN3O3/c1-17(15(22)20-10-11-5-7-12(18)8-6-11)16(23)21(2)14-13(24-17)4-3-9-19-14/h3-9H,10H2,1-2H3,(H,20,22)/t17-/m0/s1. The van der Waals surface area contributed by atoms with Crippen LogP contribution in [0.4, 0.5) is 10.2 Å². The SMILES string of the molecule is CN1C(=O)[C@](C)(C(=O)NCc2ccc(F)cc2)Oc2cccnc21. The Morgan fingerprint density at radius 2 is 2.04 bits per heavy atom. The number of carbonyl (C=O) groups excluding carboxylic acids is 2. The first-order chi connectivity index (χ1) is 11.4. The molecule has 6 nitrogen and oxygen atoms in total. The van der Waals surface area contributed by atoms with E-state index < -0.39 is 17.4 Å². The average Bonchev–Trinajstić information content (AvgIpc) is 2.59. The number of aromatic nitrogens is 1. The molecule has 2 aromatic rings. The van der Waals surface area contributed by atoms with Gasteiger partial charge in [-0.05, 0) is 36.8 Å². The lowest BCUT2D eigenvalue weighted by atomic mass is 10.0. The second-order valence-electron chi connectivity index (χ2n) is 5.63. The lowest BCUT2D eigenvalue weighted by Gasteiger charge is -2.36. The number of nitrogens with one attached hydrogen (secondary N) is 1. The van der Waals surface area contributed by atoms with Gasteiger partial charge in [-0.2, -0.15) is 0 Å². The fraction of sp³-hybridized carbons (Fsp3) is 0.235. The summed E-state index contributed by atoms with van der Waals surface area (Å²) in [5, 5.41) is 2.66. The molecule has 0 unspecified atom stereocenters. The number of pyridine rings is 1. The van der Waals surface area contributed by atoms with Gasteiger partial charge in [0.05, 0.1) is 0 Å². The largest absolute Gasteiger partial charge is 0.464 e. The highest BCUT2D eigenvalue weighted by atomic mass is 19.1. The van der Waals surface area contributed by atoms with E-state index in [9.17, 15) is 14.0 Å². The third kappa shape index (κ3) is 2.68. The number of likely N-dealkylation sites (N-methyl/N-ethyl adjacent to an activating group) is 1. The molecule has 0 spiro atoms. The van der Waals surface area contributed by atoms with Crippen molar-refractivity contribution in [3.05, 3.63) is 54.0 Å². The minimum absolute atomic E-state index is 0.162. The van der Waals surface area contributed by atoms with E-state index in [1.165, 1.54) is 24.0 Å². The molecule has 7 heteroatoms. The van der Waals surface area contributed by atoms with E-state index in [0.717, 1.165) is 0 Å². The molecule has 0 saturated carbocycles. The van der Waals surface area contributed by atoms with Crippen LogP contribution in [0.25, 0.3) is 0 Å². The summed E-state index contributed by atoms with van der Waals surface area (Å²) in [4.78, 5) is 30.5. The number of ether oxygens (including phenoxy) is 1. The number of hydrogen-bond donors (Lipinski definition) is 1. The van der Waals surface area contributed by atoms with Crippen molar-refractivity contribution in [3.63, 3.8) is 0 Å². The van der Waals surface area contributed by atoms with Gasteiger partial charge in [-0.3, -0.25) is 14.5 Å². The third-order valence-corrected chi connectivity index (χ3v) is 3.90. The quantitative estimate of drug-likeness (QED) is 0.869. The maximum Gasteiger partial charge on any atom is 0.281 e. The van der Waals surface area contributed by atoms with Gasteiger partial charge in [-0.15, -0.1) is 0 Å². The maximum atomic E-state index is 12.9. The molecule has 0 bridgehead atoms. The van der Waals surface area contributed by atoms with Gasteiger partial charge in [0.15, 0.2) is 11.6 Å². The zero-order valence-electron chi connectivity index (χ0n) is 13.2. The first kappa shape index (κ1) is 15.9. The van der Waals surface area contributed by atoms with E-state index in [2.05, 4.69) is 10.3 Å². The molecule has 124 valence electrons. The Balaban J connectivity index is 1.78. The number of fused-ring (bicyclic) bond motifs is 1. The molecule has 0 radical (unpaired) electrons. The number of anilines is 1. The van der Waals surface area contributed by atoms with Gasteiger partial charge in [0, 0.05) is 19.8 Å². The monoisotopic (exact) mass is 329 g/mol. The van der Waals surface area contributed by atoms with Gasteiger partial charge < -0.3 is 10.1 Å². The highest BCUT2D eigenvalue weighted by Gasteiger charge is 2.50. The first-order valence-corrected chi connectivity index (χ1v) is 7.37. The van der Waals surface area contributed by atoms with Gasteiger partial charge in [0.1, 0.15) is 5.82 Å². The van der Waals surface area contributed by atoms with E-state index in [-0.39, 0.29) is 12.4 Å². The van der Waals surface area contributed by atoms with Crippen molar-refractivity contribution >= 4 is 17.6 Å². The Bertz CT molecular complexity index is 794. The topological polar surface area (TPSA) is 71.5 Å². The first-order valence-electron chi connectivity index (χ1n) is 7.37. The Morgan fingerprint density at radius 1 is 1.33 bits per heavy atom. The lowest BCUT2D eigenvalue weighted by Crippen LogP contribution is -2.61. The van der Waals surface area contributed by atoms with Crippen LogP contribution in [0.2, 0.25) is 0 Å². The zero-order valence-corrected chi connectivity index (χ0v) is 13.2. The summed E-state index contributed by atoms with van der Waals surface area (Å²) in [7, 11) is 1.54. The maximum absolute atomic E-state index is 12.9. The van der Waals surface area contributed by atoms with Crippen molar-refractivity contribution in [1.29, 1.82) is 0 Å². The second-order valence-corrected chi connectivity index (χ2v) is 5.63. The van der Waals surface area contributed by atoms with Crippen LogP contribution in [0.5, 0.6) is 5.75 Å². The molecular formula is C17H16FN3O3. The van der Waals surface area contributed by atoms with Crippen LogP contribution >= 0.6 is 0 Å². The van der Waals surface area contributed by atoms with Crippen LogP contribution in [-0.2, 0) is 16.1 Å². The zero-order chi connectivity index (χ0) is 17.3. The van der Waals surface area contributed by atoms with Crippen molar-refractivity contribution in [3.8, 4) is 5.75 Å². The molecule has 3 rings (SSSR count). The summed E-state index contributed by atoms with van der Waals surface area (Å²) in [6.07, 6.45) is 1.54. The van der Waals surface area contributed by atoms with E-state index in [0.29, 0.717) is 17.1 Å². The minimum Gasteiger partial charge on any atom is -0.464 e. The van der Waals surface area contributed by atoms with Crippen molar-refractivity contribution in [2.75, 3.05) is 11.9 Å². The number of amides is 2. The number of benzene rings is 1. The van der Waals surface area contributed by atoms with Gasteiger partial charge in [-0.1, -0.05) is 12.1 Å². The molecule has 1 N–H and O–H groups in total. The van der Waals surface area contributed by atoms with Crippen LogP contribution < -0.4 is 15.0 Å². The van der Waals surface area contributed by atoms with Gasteiger partial charge >= 0.3 is 0 Å². The summed E-state index contributed by atoms with van der Waals surface area (Å²) in [6.45, 7) is 1.58. The van der Waals surface area contributed by atoms with Crippen LogP contribution in [0.1, 0.15) is 12.5 Å². The van der Waals surface area contributed by atoms with E-state index >= 15 is 0 Å². The highest BCUT2D eigenvalue weighted by Crippen LogP contribution is 2.34. The Hall–Kier alpha value is -2.96. The summed E-state index contributed by atoms with van der Waals surface area (Å²) >= 11 is 0. The number of rotatable bonds is 3. The summed E-state index contributed by atoms with van der Waals surface area (Å²) in [5.74, 6) is -0.706. The number of halogens is 1. The van der Waals surface area contributed by atoms with Crippen molar-refractivity contribution < 1.29 is 18.7 Å². The molecular weight excluding hydrogens is 313 g/mol. The molecule has 1 atom stereocenters. The van der Waals surface area contributed by atoms with Crippen LogP contribution in [-0.4, -0.2) is 29.4 Å². The van der Waals surface area contributed by atoms with Gasteiger partial charge in [-0.25, -0.2) is 9.37 Å².